The highest BCUT2D eigenvalue weighted by atomic mass is 19.1. The molecule has 1 aliphatic rings. The number of aromatic nitrogens is 3. The maximum Gasteiger partial charge on any atom is 0.257 e. The predicted molar refractivity (Wildman–Crippen MR) is 112 cm³/mol. The van der Waals surface area contributed by atoms with Crippen molar-refractivity contribution in [1.82, 2.24) is 19.9 Å². The molecule has 2 N–H and O–H groups in total. The third-order valence-corrected chi connectivity index (χ3v) is 5.78. The highest BCUT2D eigenvalue weighted by Crippen LogP contribution is 2.36. The number of hydrogen-bond donors (Lipinski definition) is 2. The average molecular weight is 429 g/mol. The predicted octanol–water partition coefficient (Wildman–Crippen LogP) is 3.10. The number of aliphatic hydroxyl groups is 1. The molecule has 0 saturated carbocycles. The molecule has 1 aliphatic heterocycles. The molecular formula is C22H25F2N5O2. The Balaban J connectivity index is 1.67. The van der Waals surface area contributed by atoms with E-state index in [0.29, 0.717) is 30.0 Å². The summed E-state index contributed by atoms with van der Waals surface area (Å²) < 4.78 is 29.7. The summed E-state index contributed by atoms with van der Waals surface area (Å²) in [5.74, 6) is -0.680. The van der Waals surface area contributed by atoms with Gasteiger partial charge in [-0.1, -0.05) is 13.8 Å². The van der Waals surface area contributed by atoms with Gasteiger partial charge in [-0.3, -0.25) is 4.79 Å². The smallest absolute Gasteiger partial charge is 0.257 e. The fourth-order valence-electron chi connectivity index (χ4n) is 3.98. The van der Waals surface area contributed by atoms with Crippen molar-refractivity contribution in [2.75, 3.05) is 18.1 Å². The van der Waals surface area contributed by atoms with Gasteiger partial charge in [0.2, 0.25) is 0 Å². The lowest BCUT2D eigenvalue weighted by Gasteiger charge is -2.26. The van der Waals surface area contributed by atoms with Gasteiger partial charge in [0.15, 0.2) is 5.65 Å². The van der Waals surface area contributed by atoms with Crippen molar-refractivity contribution in [2.24, 2.45) is 5.92 Å². The van der Waals surface area contributed by atoms with Crippen molar-refractivity contribution in [3.8, 4) is 0 Å². The van der Waals surface area contributed by atoms with Crippen LogP contribution < -0.4 is 10.2 Å². The lowest BCUT2D eigenvalue weighted by molar-refractivity contribution is 0.0898. The monoisotopic (exact) mass is 429 g/mol. The number of amides is 1. The number of aliphatic hydroxyl groups excluding tert-OH is 1. The molecule has 2 atom stereocenters. The van der Waals surface area contributed by atoms with Crippen molar-refractivity contribution in [2.45, 2.75) is 38.8 Å². The summed E-state index contributed by atoms with van der Waals surface area (Å²) in [6, 6.07) is 4.51. The van der Waals surface area contributed by atoms with Gasteiger partial charge in [0, 0.05) is 18.3 Å². The van der Waals surface area contributed by atoms with Gasteiger partial charge < -0.3 is 15.3 Å². The minimum Gasteiger partial charge on any atom is -0.394 e. The molecule has 1 fully saturated rings. The van der Waals surface area contributed by atoms with Gasteiger partial charge in [0.1, 0.15) is 23.0 Å². The molecule has 1 unspecified atom stereocenters. The van der Waals surface area contributed by atoms with Crippen molar-refractivity contribution in [3.63, 3.8) is 0 Å². The Morgan fingerprint density at radius 3 is 2.87 bits per heavy atom. The van der Waals surface area contributed by atoms with E-state index in [1.807, 2.05) is 18.7 Å². The van der Waals surface area contributed by atoms with Crippen LogP contribution in [0.2, 0.25) is 0 Å². The summed E-state index contributed by atoms with van der Waals surface area (Å²) >= 11 is 0. The normalized spacial score (nSPS) is 17.5. The second kappa shape index (κ2) is 8.58. The van der Waals surface area contributed by atoms with E-state index in [-0.39, 0.29) is 36.1 Å². The fraction of sp³-hybridized carbons (Fsp3) is 0.409. The second-order valence-electron chi connectivity index (χ2n) is 8.14. The summed E-state index contributed by atoms with van der Waals surface area (Å²) in [6.07, 6.45) is 4.61. The fourth-order valence-corrected chi connectivity index (χ4v) is 3.98. The van der Waals surface area contributed by atoms with E-state index in [1.165, 1.54) is 16.8 Å². The van der Waals surface area contributed by atoms with Gasteiger partial charge in [-0.05, 0) is 43.0 Å². The molecule has 2 aromatic heterocycles. The number of anilines is 1. The number of carbonyl (C=O) groups excluding carboxylic acids is 1. The van der Waals surface area contributed by atoms with Crippen molar-refractivity contribution in [3.05, 3.63) is 59.4 Å². The average Bonchev–Trinajstić information content (AvgIpc) is 3.40. The van der Waals surface area contributed by atoms with E-state index in [2.05, 4.69) is 15.4 Å². The summed E-state index contributed by atoms with van der Waals surface area (Å²) in [5.41, 5.74) is 0.947. The van der Waals surface area contributed by atoms with Crippen molar-refractivity contribution >= 4 is 17.4 Å². The number of carbonyl (C=O) groups is 1. The molecule has 4 rings (SSSR count). The molecule has 1 aromatic carbocycles. The van der Waals surface area contributed by atoms with E-state index in [0.717, 1.165) is 18.6 Å². The molecule has 9 heteroatoms. The Hall–Kier alpha value is -3.07. The Kier molecular flexibility index (Phi) is 5.86. The van der Waals surface area contributed by atoms with Crippen LogP contribution in [0.25, 0.3) is 5.65 Å². The molecular weight excluding hydrogens is 404 g/mol. The Morgan fingerprint density at radius 1 is 1.32 bits per heavy atom. The SMILES string of the molecule is CC(C)C(CO)NC(=O)c1cnn2ccc(N3CCC[C@@H]3c3cc(F)ccc3F)nc12. The van der Waals surface area contributed by atoms with Gasteiger partial charge in [-0.25, -0.2) is 18.3 Å². The highest BCUT2D eigenvalue weighted by Gasteiger charge is 2.30. The summed E-state index contributed by atoms with van der Waals surface area (Å²) in [7, 11) is 0. The number of rotatable bonds is 6. The van der Waals surface area contributed by atoms with Crippen LogP contribution in [-0.4, -0.2) is 44.8 Å². The lowest BCUT2D eigenvalue weighted by atomic mass is 10.0. The molecule has 164 valence electrons. The molecule has 7 nitrogen and oxygen atoms in total. The standard InChI is InChI=1S/C22H25F2N5O2/c1-13(2)18(12-30)26-22(31)16-11-25-29-9-7-20(27-21(16)29)28-8-3-4-19(28)15-10-14(23)5-6-17(15)24/h5-7,9-11,13,18-19,30H,3-4,8,12H2,1-2H3,(H,26,31)/t18?,19-/m1/s1. The minimum atomic E-state index is -0.481. The van der Waals surface area contributed by atoms with Gasteiger partial charge in [-0.2, -0.15) is 5.10 Å². The number of benzene rings is 1. The molecule has 1 amide bonds. The van der Waals surface area contributed by atoms with Crippen molar-refractivity contribution < 1.29 is 18.7 Å². The first-order chi connectivity index (χ1) is 14.9. The van der Waals surface area contributed by atoms with Crippen LogP contribution in [0.5, 0.6) is 0 Å². The Labute approximate surface area is 178 Å². The zero-order valence-electron chi connectivity index (χ0n) is 17.4. The molecule has 3 aromatic rings. The largest absolute Gasteiger partial charge is 0.394 e. The van der Waals surface area contributed by atoms with Crippen LogP contribution in [0.3, 0.4) is 0 Å². The van der Waals surface area contributed by atoms with Crippen molar-refractivity contribution in [1.29, 1.82) is 0 Å². The molecule has 0 radical (unpaired) electrons. The maximum absolute atomic E-state index is 14.4. The van der Waals surface area contributed by atoms with Gasteiger partial charge in [0.25, 0.3) is 5.91 Å². The lowest BCUT2D eigenvalue weighted by Crippen LogP contribution is -2.41. The van der Waals surface area contributed by atoms with E-state index in [4.69, 9.17) is 0 Å². The Morgan fingerprint density at radius 2 is 2.13 bits per heavy atom. The van der Waals surface area contributed by atoms with E-state index in [1.54, 1.807) is 12.3 Å². The van der Waals surface area contributed by atoms with Crippen LogP contribution >= 0.6 is 0 Å². The molecule has 0 bridgehead atoms. The number of halogens is 2. The summed E-state index contributed by atoms with van der Waals surface area (Å²) in [4.78, 5) is 19.3. The van der Waals surface area contributed by atoms with Gasteiger partial charge >= 0.3 is 0 Å². The number of nitrogens with zero attached hydrogens (tertiary/aromatic N) is 4. The minimum absolute atomic E-state index is 0.0610. The second-order valence-corrected chi connectivity index (χ2v) is 8.14. The van der Waals surface area contributed by atoms with E-state index >= 15 is 0 Å². The first-order valence-electron chi connectivity index (χ1n) is 10.4. The van der Waals surface area contributed by atoms with Gasteiger partial charge in [-0.15, -0.1) is 0 Å². The van der Waals surface area contributed by atoms with Crippen LogP contribution in [0.1, 0.15) is 48.7 Å². The topological polar surface area (TPSA) is 82.8 Å². The third-order valence-electron chi connectivity index (χ3n) is 5.78. The summed E-state index contributed by atoms with van der Waals surface area (Å²) in [6.45, 7) is 4.29. The molecule has 1 saturated heterocycles. The van der Waals surface area contributed by atoms with Crippen LogP contribution in [-0.2, 0) is 0 Å². The van der Waals surface area contributed by atoms with Gasteiger partial charge in [0.05, 0.1) is 24.9 Å². The zero-order valence-corrected chi connectivity index (χ0v) is 17.4. The number of fused-ring (bicyclic) bond motifs is 1. The maximum atomic E-state index is 14.4. The molecule has 3 heterocycles. The van der Waals surface area contributed by atoms with E-state index < -0.39 is 11.6 Å². The van der Waals surface area contributed by atoms with E-state index in [9.17, 15) is 18.7 Å². The Bertz CT molecular complexity index is 1100. The molecule has 0 aliphatic carbocycles. The van der Waals surface area contributed by atoms with Crippen LogP contribution in [0.15, 0.2) is 36.7 Å². The highest BCUT2D eigenvalue weighted by molar-refractivity contribution is 6.00. The third kappa shape index (κ3) is 4.10. The summed E-state index contributed by atoms with van der Waals surface area (Å²) in [5, 5.41) is 16.5. The zero-order chi connectivity index (χ0) is 22.1. The quantitative estimate of drug-likeness (QED) is 0.629. The number of nitrogens with one attached hydrogen (secondary N) is 1. The first-order valence-corrected chi connectivity index (χ1v) is 10.4. The van der Waals surface area contributed by atoms with Crippen LogP contribution in [0.4, 0.5) is 14.6 Å². The molecule has 31 heavy (non-hydrogen) atoms. The molecule has 0 spiro atoms. The number of hydrogen-bond acceptors (Lipinski definition) is 5. The van der Waals surface area contributed by atoms with Crippen LogP contribution in [0, 0.1) is 17.6 Å². The first kappa shape index (κ1) is 21.2.